The number of aryl methyl sites for hydroxylation is 1. The molecule has 0 saturated carbocycles. The van der Waals surface area contributed by atoms with Crippen LogP contribution in [0.1, 0.15) is 35.9 Å². The largest absolute Gasteiger partial charge is 0.318 e. The summed E-state index contributed by atoms with van der Waals surface area (Å²) >= 11 is 12.3. The molecule has 29 heavy (non-hydrogen) atoms. The van der Waals surface area contributed by atoms with Crippen LogP contribution in [0, 0.1) is 13.8 Å². The van der Waals surface area contributed by atoms with Crippen LogP contribution in [0.25, 0.3) is 17.3 Å². The second-order valence-electron chi connectivity index (χ2n) is 7.29. The lowest BCUT2D eigenvalue weighted by Gasteiger charge is -2.15. The number of hydrogen-bond acceptors (Lipinski definition) is 1. The molecule has 0 atom stereocenters. The second-order valence-corrected chi connectivity index (χ2v) is 8.11. The fourth-order valence-electron chi connectivity index (χ4n) is 4.00. The fourth-order valence-corrected chi connectivity index (χ4v) is 4.29. The molecule has 0 fully saturated rings. The van der Waals surface area contributed by atoms with E-state index in [1.54, 1.807) is 6.07 Å². The summed E-state index contributed by atoms with van der Waals surface area (Å²) in [5, 5.41) is 1.05. The third kappa shape index (κ3) is 3.39. The van der Waals surface area contributed by atoms with Crippen LogP contribution in [0.15, 0.2) is 48.5 Å². The number of nitrogens with zero attached hydrogens (tertiary/aromatic N) is 2. The summed E-state index contributed by atoms with van der Waals surface area (Å²) in [6, 6.07) is 15.7. The summed E-state index contributed by atoms with van der Waals surface area (Å²) in [5.41, 5.74) is 6.80. The minimum Gasteiger partial charge on any atom is -0.318 e. The Kier molecular flexibility index (Phi) is 5.28. The topological polar surface area (TPSA) is 25.2 Å². The zero-order valence-corrected chi connectivity index (χ0v) is 18.2. The average molecular weight is 425 g/mol. The molecule has 0 aliphatic carbocycles. The maximum atomic E-state index is 13.1. The van der Waals surface area contributed by atoms with Crippen molar-refractivity contribution in [3.05, 3.63) is 81.1 Å². The first-order valence-electron chi connectivity index (χ1n) is 9.69. The van der Waals surface area contributed by atoms with Crippen LogP contribution in [0.3, 0.4) is 0 Å². The van der Waals surface area contributed by atoms with Crippen molar-refractivity contribution in [3.8, 4) is 5.69 Å². The van der Waals surface area contributed by atoms with Crippen LogP contribution in [0.4, 0.5) is 5.69 Å². The van der Waals surface area contributed by atoms with Crippen molar-refractivity contribution in [3.63, 3.8) is 0 Å². The van der Waals surface area contributed by atoms with Crippen LogP contribution >= 0.6 is 23.2 Å². The van der Waals surface area contributed by atoms with Gasteiger partial charge in [0.1, 0.15) is 0 Å². The van der Waals surface area contributed by atoms with Crippen molar-refractivity contribution in [1.82, 2.24) is 4.57 Å². The van der Waals surface area contributed by atoms with E-state index in [0.29, 0.717) is 10.0 Å². The van der Waals surface area contributed by atoms with Crippen LogP contribution in [-0.2, 0) is 4.79 Å². The van der Waals surface area contributed by atoms with Crippen molar-refractivity contribution in [2.24, 2.45) is 0 Å². The van der Waals surface area contributed by atoms with E-state index < -0.39 is 0 Å². The normalized spacial score (nSPS) is 14.7. The highest BCUT2D eigenvalue weighted by molar-refractivity contribution is 6.42. The molecule has 3 aromatic rings. The zero-order chi connectivity index (χ0) is 20.7. The summed E-state index contributed by atoms with van der Waals surface area (Å²) in [7, 11) is 0. The molecule has 148 valence electrons. The summed E-state index contributed by atoms with van der Waals surface area (Å²) in [5.74, 6) is 0.0624. The van der Waals surface area contributed by atoms with E-state index in [0.717, 1.165) is 52.4 Å². The Balaban J connectivity index is 1.82. The fraction of sp³-hybridized carbons (Fsp3) is 0.208. The Bertz CT molecular complexity index is 1140. The molecule has 5 heteroatoms. The molecule has 0 spiro atoms. The van der Waals surface area contributed by atoms with Crippen LogP contribution in [0.5, 0.6) is 0 Å². The number of anilines is 1. The number of carbonyl (C=O) groups is 1. The van der Waals surface area contributed by atoms with Crippen molar-refractivity contribution in [1.29, 1.82) is 0 Å². The van der Waals surface area contributed by atoms with Gasteiger partial charge in [0, 0.05) is 34.8 Å². The van der Waals surface area contributed by atoms with Crippen molar-refractivity contribution < 1.29 is 4.79 Å². The van der Waals surface area contributed by atoms with Gasteiger partial charge in [0.25, 0.3) is 5.91 Å². The highest BCUT2D eigenvalue weighted by atomic mass is 35.5. The molecule has 2 aromatic carbocycles. The van der Waals surface area contributed by atoms with Crippen molar-refractivity contribution in [2.75, 3.05) is 11.4 Å². The Hall–Kier alpha value is -2.49. The van der Waals surface area contributed by atoms with Gasteiger partial charge in [-0.15, -0.1) is 0 Å². The standard InChI is InChI=1S/C24H22Cl2N2O/c1-4-11-27-23-8-6-5-7-19(23)20(24(27)29)13-17-12-15(2)28(16(17)3)18-9-10-21(25)22(26)14-18/h5-10,12-14H,4,11H2,1-3H3/b20-13-. The van der Waals surface area contributed by atoms with Gasteiger partial charge >= 0.3 is 0 Å². The number of halogens is 2. The third-order valence-corrected chi connectivity index (χ3v) is 6.08. The van der Waals surface area contributed by atoms with Gasteiger partial charge in [-0.1, -0.05) is 48.3 Å². The molecule has 1 aliphatic rings. The molecular weight excluding hydrogens is 403 g/mol. The molecular formula is C24H22Cl2N2O. The van der Waals surface area contributed by atoms with E-state index in [1.165, 1.54) is 0 Å². The number of carbonyl (C=O) groups excluding carboxylic acids is 1. The molecule has 3 nitrogen and oxygen atoms in total. The van der Waals surface area contributed by atoms with Gasteiger partial charge in [0.15, 0.2) is 0 Å². The molecule has 4 rings (SSSR count). The number of aromatic nitrogens is 1. The Morgan fingerprint density at radius 1 is 1.00 bits per heavy atom. The summed E-state index contributed by atoms with van der Waals surface area (Å²) in [4.78, 5) is 15.0. The summed E-state index contributed by atoms with van der Waals surface area (Å²) in [6.45, 7) is 6.90. The predicted octanol–water partition coefficient (Wildman–Crippen LogP) is 6.70. The number of fused-ring (bicyclic) bond motifs is 1. The van der Waals surface area contributed by atoms with Crippen molar-refractivity contribution in [2.45, 2.75) is 27.2 Å². The summed E-state index contributed by atoms with van der Waals surface area (Å²) < 4.78 is 2.13. The van der Waals surface area contributed by atoms with Crippen LogP contribution < -0.4 is 4.90 Å². The Morgan fingerprint density at radius 3 is 2.48 bits per heavy atom. The lowest BCUT2D eigenvalue weighted by molar-refractivity contribution is -0.113. The molecule has 2 heterocycles. The quantitative estimate of drug-likeness (QED) is 0.427. The highest BCUT2D eigenvalue weighted by Crippen LogP contribution is 2.38. The lowest BCUT2D eigenvalue weighted by atomic mass is 10.0. The lowest BCUT2D eigenvalue weighted by Crippen LogP contribution is -2.26. The highest BCUT2D eigenvalue weighted by Gasteiger charge is 2.31. The molecule has 0 saturated heterocycles. The first-order valence-corrected chi connectivity index (χ1v) is 10.4. The molecule has 1 amide bonds. The van der Waals surface area contributed by atoms with E-state index in [4.69, 9.17) is 23.2 Å². The van der Waals surface area contributed by atoms with Crippen LogP contribution in [0.2, 0.25) is 10.0 Å². The van der Waals surface area contributed by atoms with E-state index in [2.05, 4.69) is 24.5 Å². The average Bonchev–Trinajstić information content (AvgIpc) is 3.13. The van der Waals surface area contributed by atoms with Crippen molar-refractivity contribution >= 4 is 46.4 Å². The Morgan fingerprint density at radius 2 is 1.76 bits per heavy atom. The SMILES string of the molecule is CCCN1C(=O)/C(=C\c2cc(C)n(-c3ccc(Cl)c(Cl)c3)c2C)c2ccccc21. The van der Waals surface area contributed by atoms with E-state index in [-0.39, 0.29) is 5.91 Å². The first-order chi connectivity index (χ1) is 13.9. The minimum absolute atomic E-state index is 0.0624. The number of rotatable bonds is 4. The van der Waals surface area contributed by atoms with E-state index >= 15 is 0 Å². The number of benzene rings is 2. The third-order valence-electron chi connectivity index (χ3n) is 5.34. The number of para-hydroxylation sites is 1. The summed E-state index contributed by atoms with van der Waals surface area (Å²) in [6.07, 6.45) is 2.92. The van der Waals surface area contributed by atoms with Gasteiger partial charge in [-0.2, -0.15) is 0 Å². The molecule has 0 bridgehead atoms. The molecule has 1 aromatic heterocycles. The maximum absolute atomic E-state index is 13.1. The van der Waals surface area contributed by atoms with Gasteiger partial charge in [-0.05, 0) is 62.2 Å². The van der Waals surface area contributed by atoms with Gasteiger partial charge < -0.3 is 9.47 Å². The molecule has 1 aliphatic heterocycles. The van der Waals surface area contributed by atoms with Gasteiger partial charge in [-0.25, -0.2) is 0 Å². The van der Waals surface area contributed by atoms with Gasteiger partial charge in [-0.3, -0.25) is 4.79 Å². The maximum Gasteiger partial charge on any atom is 0.258 e. The molecule has 0 N–H and O–H groups in total. The Labute approximate surface area is 181 Å². The minimum atomic E-state index is 0.0624. The van der Waals surface area contributed by atoms with Gasteiger partial charge in [0.05, 0.1) is 15.7 Å². The first kappa shape index (κ1) is 19.8. The van der Waals surface area contributed by atoms with Gasteiger partial charge in [0.2, 0.25) is 0 Å². The monoisotopic (exact) mass is 424 g/mol. The number of amides is 1. The van der Waals surface area contributed by atoms with E-state index in [9.17, 15) is 4.79 Å². The smallest absolute Gasteiger partial charge is 0.258 e. The predicted molar refractivity (Wildman–Crippen MR) is 122 cm³/mol. The van der Waals surface area contributed by atoms with E-state index in [1.807, 2.05) is 54.3 Å². The zero-order valence-electron chi connectivity index (χ0n) is 16.7. The van der Waals surface area contributed by atoms with Crippen LogP contribution in [-0.4, -0.2) is 17.0 Å². The molecule has 0 unspecified atom stereocenters. The number of hydrogen-bond donors (Lipinski definition) is 0. The molecule has 0 radical (unpaired) electrons. The second kappa shape index (κ2) is 7.74.